The number of para-hydroxylation sites is 1. The number of carbonyl (C=O) groups excluding carboxylic acids is 2. The van der Waals surface area contributed by atoms with Crippen LogP contribution in [0.5, 0.6) is 0 Å². The zero-order chi connectivity index (χ0) is 17.3. The lowest BCUT2D eigenvalue weighted by Crippen LogP contribution is -2.44. The quantitative estimate of drug-likeness (QED) is 0.794. The second-order valence-corrected chi connectivity index (χ2v) is 7.31. The molecule has 0 saturated carbocycles. The fourth-order valence-electron chi connectivity index (χ4n) is 2.97. The van der Waals surface area contributed by atoms with Crippen molar-refractivity contribution in [1.82, 2.24) is 14.4 Å². The van der Waals surface area contributed by atoms with Crippen LogP contribution in [-0.2, 0) is 11.8 Å². The third kappa shape index (κ3) is 3.21. The van der Waals surface area contributed by atoms with Crippen molar-refractivity contribution in [3.05, 3.63) is 29.1 Å². The number of nitrogens with zero attached hydrogens (tertiary/aromatic N) is 4. The van der Waals surface area contributed by atoms with Gasteiger partial charge in [-0.3, -0.25) is 4.79 Å². The van der Waals surface area contributed by atoms with Crippen molar-refractivity contribution >= 4 is 33.5 Å². The average Bonchev–Trinajstić information content (AvgIpc) is 2.90. The van der Waals surface area contributed by atoms with Gasteiger partial charge >= 0.3 is 6.03 Å². The van der Waals surface area contributed by atoms with Gasteiger partial charge in [-0.2, -0.15) is 4.99 Å². The maximum Gasteiger partial charge on any atom is 0.319 e. The number of rotatable bonds is 1. The molecule has 1 aliphatic heterocycles. The maximum absolute atomic E-state index is 12.5. The summed E-state index contributed by atoms with van der Waals surface area (Å²) >= 11 is 1.53. The monoisotopic (exact) mass is 346 g/mol. The van der Waals surface area contributed by atoms with Gasteiger partial charge in [-0.25, -0.2) is 4.79 Å². The molecule has 3 amide bonds. The van der Waals surface area contributed by atoms with Crippen molar-refractivity contribution in [1.29, 1.82) is 0 Å². The number of likely N-dealkylation sites (tertiary alicyclic amines) is 1. The number of amides is 3. The maximum atomic E-state index is 12.5. The van der Waals surface area contributed by atoms with Gasteiger partial charge in [0.2, 0.25) is 0 Å². The normalized spacial score (nSPS) is 16.6. The molecule has 0 spiro atoms. The van der Waals surface area contributed by atoms with E-state index >= 15 is 0 Å². The topological polar surface area (TPSA) is 57.9 Å². The molecule has 1 saturated heterocycles. The smallest absolute Gasteiger partial charge is 0.319 e. The molecule has 2 aromatic rings. The predicted octanol–water partition coefficient (Wildman–Crippen LogP) is 2.06. The molecule has 0 unspecified atom stereocenters. The molecule has 0 radical (unpaired) electrons. The van der Waals surface area contributed by atoms with Gasteiger partial charge in [0.25, 0.3) is 5.91 Å². The summed E-state index contributed by atoms with van der Waals surface area (Å²) in [5.74, 6) is -0.171. The first kappa shape index (κ1) is 16.7. The van der Waals surface area contributed by atoms with Gasteiger partial charge in [0, 0.05) is 40.2 Å². The van der Waals surface area contributed by atoms with Gasteiger partial charge in [-0.1, -0.05) is 23.5 Å². The third-order valence-corrected chi connectivity index (χ3v) is 5.53. The predicted molar refractivity (Wildman–Crippen MR) is 94.7 cm³/mol. The van der Waals surface area contributed by atoms with Crippen molar-refractivity contribution in [3.63, 3.8) is 0 Å². The summed E-state index contributed by atoms with van der Waals surface area (Å²) in [4.78, 5) is 32.9. The molecule has 1 aliphatic rings. The van der Waals surface area contributed by atoms with E-state index in [1.807, 2.05) is 35.9 Å². The van der Waals surface area contributed by atoms with E-state index in [-0.39, 0.29) is 17.9 Å². The fourth-order valence-corrected chi connectivity index (χ4v) is 4.00. The van der Waals surface area contributed by atoms with Crippen molar-refractivity contribution < 1.29 is 9.59 Å². The molecule has 0 atom stereocenters. The molecule has 0 bridgehead atoms. The summed E-state index contributed by atoms with van der Waals surface area (Å²) in [6.07, 6.45) is 1.35. The van der Waals surface area contributed by atoms with Crippen molar-refractivity contribution in [3.8, 4) is 0 Å². The first-order valence-electron chi connectivity index (χ1n) is 8.06. The fraction of sp³-hybridized carbons (Fsp3) is 0.471. The van der Waals surface area contributed by atoms with Gasteiger partial charge in [0.15, 0.2) is 4.80 Å². The second-order valence-electron chi connectivity index (χ2n) is 6.30. The summed E-state index contributed by atoms with van der Waals surface area (Å²) in [5.41, 5.74) is 1.08. The molecule has 128 valence electrons. The Morgan fingerprint density at radius 1 is 1.21 bits per heavy atom. The number of piperidine rings is 1. The summed E-state index contributed by atoms with van der Waals surface area (Å²) in [5, 5.41) is 0. The minimum absolute atomic E-state index is 0.00810. The molecule has 7 heteroatoms. The Labute approximate surface area is 145 Å². The lowest BCUT2D eigenvalue weighted by Gasteiger charge is -2.32. The number of benzene rings is 1. The number of carbonyl (C=O) groups is 2. The molecule has 1 aromatic carbocycles. The zero-order valence-corrected chi connectivity index (χ0v) is 15.0. The lowest BCUT2D eigenvalue weighted by molar-refractivity contribution is -0.123. The van der Waals surface area contributed by atoms with Crippen LogP contribution in [0.4, 0.5) is 4.79 Å². The highest BCUT2D eigenvalue weighted by Crippen LogP contribution is 2.20. The largest absolute Gasteiger partial charge is 0.331 e. The van der Waals surface area contributed by atoms with Crippen molar-refractivity contribution in [2.75, 3.05) is 27.2 Å². The summed E-state index contributed by atoms with van der Waals surface area (Å²) in [6.45, 7) is 1.23. The van der Waals surface area contributed by atoms with E-state index in [2.05, 4.69) is 4.99 Å². The van der Waals surface area contributed by atoms with Crippen LogP contribution in [0.1, 0.15) is 12.8 Å². The molecular formula is C17H22N4O2S. The molecule has 0 aliphatic carbocycles. The van der Waals surface area contributed by atoms with Gasteiger partial charge in [0.05, 0.1) is 10.2 Å². The zero-order valence-electron chi connectivity index (χ0n) is 14.2. The highest BCUT2D eigenvalue weighted by Gasteiger charge is 2.27. The van der Waals surface area contributed by atoms with E-state index in [9.17, 15) is 9.59 Å². The Morgan fingerprint density at radius 3 is 2.50 bits per heavy atom. The van der Waals surface area contributed by atoms with Crippen LogP contribution in [0.25, 0.3) is 10.2 Å². The molecule has 3 rings (SSSR count). The van der Waals surface area contributed by atoms with Crippen LogP contribution in [0.2, 0.25) is 0 Å². The van der Waals surface area contributed by atoms with E-state index in [0.29, 0.717) is 25.9 Å². The number of fused-ring (bicyclic) bond motifs is 1. The molecule has 2 heterocycles. The standard InChI is InChI=1S/C17H22N4O2S/c1-19(2)17(23)21-10-8-12(9-11-21)15(22)18-16-20(3)13-6-4-5-7-14(13)24-16/h4-7,12H,8-11H2,1-3H3. The number of thiazole rings is 1. The van der Waals surface area contributed by atoms with E-state index in [4.69, 9.17) is 0 Å². The highest BCUT2D eigenvalue weighted by atomic mass is 32.1. The minimum Gasteiger partial charge on any atom is -0.331 e. The van der Waals surface area contributed by atoms with Gasteiger partial charge in [-0.15, -0.1) is 0 Å². The van der Waals surface area contributed by atoms with Crippen LogP contribution in [0, 0.1) is 5.92 Å². The molecule has 1 aromatic heterocycles. The number of hydrogen-bond acceptors (Lipinski definition) is 3. The van der Waals surface area contributed by atoms with E-state index in [0.717, 1.165) is 15.0 Å². The van der Waals surface area contributed by atoms with E-state index in [1.54, 1.807) is 23.9 Å². The van der Waals surface area contributed by atoms with Gasteiger partial charge in [0.1, 0.15) is 0 Å². The summed E-state index contributed by atoms with van der Waals surface area (Å²) in [7, 11) is 5.43. The van der Waals surface area contributed by atoms with Crippen LogP contribution in [0.3, 0.4) is 0 Å². The lowest BCUT2D eigenvalue weighted by atomic mass is 9.96. The van der Waals surface area contributed by atoms with Crippen molar-refractivity contribution in [2.45, 2.75) is 12.8 Å². The number of aryl methyl sites for hydroxylation is 1. The average molecular weight is 346 g/mol. The Bertz CT molecular complexity index is 828. The number of hydrogen-bond donors (Lipinski definition) is 0. The first-order chi connectivity index (χ1) is 11.5. The number of aromatic nitrogens is 1. The number of urea groups is 1. The van der Waals surface area contributed by atoms with Crippen LogP contribution in [0.15, 0.2) is 29.3 Å². The Balaban J connectivity index is 1.73. The van der Waals surface area contributed by atoms with Crippen molar-refractivity contribution in [2.24, 2.45) is 18.0 Å². The SMILES string of the molecule is CN(C)C(=O)N1CCC(C(=O)N=c2sc3ccccc3n2C)CC1. The molecular weight excluding hydrogens is 324 g/mol. The Kier molecular flexibility index (Phi) is 4.71. The molecule has 6 nitrogen and oxygen atoms in total. The van der Waals surface area contributed by atoms with Crippen LogP contribution < -0.4 is 4.80 Å². The molecule has 24 heavy (non-hydrogen) atoms. The Morgan fingerprint density at radius 2 is 1.88 bits per heavy atom. The van der Waals surface area contributed by atoms with Gasteiger partial charge < -0.3 is 14.4 Å². The van der Waals surface area contributed by atoms with Gasteiger partial charge in [-0.05, 0) is 25.0 Å². The second kappa shape index (κ2) is 6.76. The first-order valence-corrected chi connectivity index (χ1v) is 8.88. The highest BCUT2D eigenvalue weighted by molar-refractivity contribution is 7.16. The summed E-state index contributed by atoms with van der Waals surface area (Å²) < 4.78 is 3.08. The minimum atomic E-state index is -0.0959. The van der Waals surface area contributed by atoms with Crippen LogP contribution in [-0.4, -0.2) is 53.5 Å². The van der Waals surface area contributed by atoms with E-state index < -0.39 is 0 Å². The third-order valence-electron chi connectivity index (χ3n) is 4.42. The van der Waals surface area contributed by atoms with Crippen LogP contribution >= 0.6 is 11.3 Å². The summed E-state index contributed by atoms with van der Waals surface area (Å²) in [6, 6.07) is 8.05. The van der Waals surface area contributed by atoms with E-state index in [1.165, 1.54) is 11.3 Å². The molecule has 0 N–H and O–H groups in total. The Hall–Kier alpha value is -2.15. The molecule has 1 fully saturated rings.